The number of para-hydroxylation sites is 2. The molecule has 0 radical (unpaired) electrons. The third-order valence-electron chi connectivity index (χ3n) is 5.93. The molecule has 0 saturated carbocycles. The minimum Gasteiger partial charge on any atom is -0.354 e. The van der Waals surface area contributed by atoms with E-state index in [0.29, 0.717) is 48.9 Å². The maximum absolute atomic E-state index is 13.9. The van der Waals surface area contributed by atoms with Gasteiger partial charge in [-0.05, 0) is 30.7 Å². The molecule has 1 fully saturated rings. The molecular weight excluding hydrogens is 449 g/mol. The molecule has 2 aromatic rings. The number of nitrogens with one attached hydrogen (secondary N) is 1. The van der Waals surface area contributed by atoms with Crippen molar-refractivity contribution in [2.75, 3.05) is 47.8 Å². The highest BCUT2D eigenvalue weighted by Gasteiger charge is 2.49. The molecule has 2 amide bonds. The Hall–Kier alpha value is -3.65. The SMILES string of the molecule is N#Cc1cccnc1N1CCCN(CC(=O)N2c3ccccc3NC(=O)CC2C(F)(F)F)CC1. The normalized spacial score (nSPS) is 19.5. The molecule has 2 aliphatic rings. The van der Waals surface area contributed by atoms with Gasteiger partial charge in [0.15, 0.2) is 0 Å². The lowest BCUT2D eigenvalue weighted by atomic mass is 10.1. The lowest BCUT2D eigenvalue weighted by Crippen LogP contribution is -2.52. The van der Waals surface area contributed by atoms with E-state index in [0.717, 1.165) is 0 Å². The van der Waals surface area contributed by atoms with Crippen LogP contribution in [-0.2, 0) is 9.59 Å². The zero-order chi connectivity index (χ0) is 24.3. The number of hydrogen-bond acceptors (Lipinski definition) is 6. The number of pyridine rings is 1. The largest absolute Gasteiger partial charge is 0.409 e. The number of nitriles is 1. The van der Waals surface area contributed by atoms with Crippen LogP contribution in [0.5, 0.6) is 0 Å². The van der Waals surface area contributed by atoms with Gasteiger partial charge in [0, 0.05) is 32.4 Å². The molecule has 1 unspecified atom stereocenters. The lowest BCUT2D eigenvalue weighted by molar-refractivity contribution is -0.158. The van der Waals surface area contributed by atoms with Crippen LogP contribution in [-0.4, -0.2) is 66.6 Å². The fraction of sp³-hybridized carbons (Fsp3) is 0.391. The van der Waals surface area contributed by atoms with Crippen LogP contribution in [0, 0.1) is 11.3 Å². The van der Waals surface area contributed by atoms with Gasteiger partial charge in [-0.1, -0.05) is 12.1 Å². The van der Waals surface area contributed by atoms with Crippen molar-refractivity contribution in [1.29, 1.82) is 5.26 Å². The van der Waals surface area contributed by atoms with E-state index < -0.39 is 30.5 Å². The molecule has 1 aromatic heterocycles. The number of benzene rings is 1. The van der Waals surface area contributed by atoms with Crippen molar-refractivity contribution in [2.24, 2.45) is 0 Å². The number of fused-ring (bicyclic) bond motifs is 1. The van der Waals surface area contributed by atoms with Crippen LogP contribution in [0.2, 0.25) is 0 Å². The van der Waals surface area contributed by atoms with Crippen LogP contribution in [0.3, 0.4) is 0 Å². The van der Waals surface area contributed by atoms with E-state index in [1.807, 2.05) is 4.90 Å². The number of halogens is 3. The van der Waals surface area contributed by atoms with E-state index in [9.17, 15) is 28.0 Å². The first kappa shape index (κ1) is 23.5. The number of nitrogens with zero attached hydrogens (tertiary/aromatic N) is 5. The standard InChI is InChI=1S/C23H23F3N6O2/c24-23(25,26)19-13-20(33)29-17-6-1-2-7-18(17)32(19)21(34)15-30-9-4-10-31(12-11-30)22-16(14-27)5-3-8-28-22/h1-3,5-8,19H,4,9-13,15H2,(H,29,33). The molecule has 0 spiro atoms. The van der Waals surface area contributed by atoms with Crippen LogP contribution < -0.4 is 15.1 Å². The van der Waals surface area contributed by atoms with Crippen molar-refractivity contribution in [1.82, 2.24) is 9.88 Å². The molecular formula is C23H23F3N6O2. The topological polar surface area (TPSA) is 92.6 Å². The average molecular weight is 472 g/mol. The highest BCUT2D eigenvalue weighted by molar-refractivity contribution is 6.05. The molecule has 4 rings (SSSR count). The zero-order valence-corrected chi connectivity index (χ0v) is 18.3. The summed E-state index contributed by atoms with van der Waals surface area (Å²) in [5, 5.41) is 11.8. The van der Waals surface area contributed by atoms with E-state index >= 15 is 0 Å². The van der Waals surface area contributed by atoms with Crippen molar-refractivity contribution in [3.63, 3.8) is 0 Å². The summed E-state index contributed by atoms with van der Waals surface area (Å²) in [6.07, 6.45) is -3.39. The molecule has 0 bridgehead atoms. The number of anilines is 3. The molecule has 3 heterocycles. The number of amides is 2. The maximum Gasteiger partial charge on any atom is 0.409 e. The number of carbonyl (C=O) groups is 2. The summed E-state index contributed by atoms with van der Waals surface area (Å²) in [7, 11) is 0. The molecule has 2 aliphatic heterocycles. The first-order chi connectivity index (χ1) is 16.3. The van der Waals surface area contributed by atoms with Crippen LogP contribution >= 0.6 is 0 Å². The second-order valence-corrected chi connectivity index (χ2v) is 8.19. The molecule has 1 saturated heterocycles. The van der Waals surface area contributed by atoms with Gasteiger partial charge >= 0.3 is 6.18 Å². The van der Waals surface area contributed by atoms with Crippen molar-refractivity contribution in [3.8, 4) is 6.07 Å². The molecule has 1 aromatic carbocycles. The lowest BCUT2D eigenvalue weighted by Gasteiger charge is -2.33. The molecule has 1 atom stereocenters. The van der Waals surface area contributed by atoms with Gasteiger partial charge in [0.05, 0.1) is 29.9 Å². The summed E-state index contributed by atoms with van der Waals surface area (Å²) in [4.78, 5) is 34.2. The summed E-state index contributed by atoms with van der Waals surface area (Å²) in [6, 6.07) is 9.24. The Morgan fingerprint density at radius 2 is 1.94 bits per heavy atom. The van der Waals surface area contributed by atoms with Crippen molar-refractivity contribution in [2.45, 2.75) is 25.1 Å². The average Bonchev–Trinajstić information content (AvgIpc) is 3.12. The minimum atomic E-state index is -4.77. The highest BCUT2D eigenvalue weighted by atomic mass is 19.4. The third kappa shape index (κ3) is 4.97. The van der Waals surface area contributed by atoms with Gasteiger partial charge in [0.1, 0.15) is 17.9 Å². The van der Waals surface area contributed by atoms with Gasteiger partial charge < -0.3 is 10.2 Å². The second-order valence-electron chi connectivity index (χ2n) is 8.19. The number of aromatic nitrogens is 1. The zero-order valence-electron chi connectivity index (χ0n) is 18.3. The Morgan fingerprint density at radius 1 is 1.15 bits per heavy atom. The Balaban J connectivity index is 1.54. The van der Waals surface area contributed by atoms with Crippen LogP contribution in [0.15, 0.2) is 42.6 Å². The van der Waals surface area contributed by atoms with Gasteiger partial charge in [-0.2, -0.15) is 18.4 Å². The predicted molar refractivity (Wildman–Crippen MR) is 119 cm³/mol. The van der Waals surface area contributed by atoms with E-state index in [1.165, 1.54) is 18.2 Å². The quantitative estimate of drug-likeness (QED) is 0.739. The number of carbonyl (C=O) groups excluding carboxylic acids is 2. The number of alkyl halides is 3. The highest BCUT2D eigenvalue weighted by Crippen LogP contribution is 2.37. The summed E-state index contributed by atoms with van der Waals surface area (Å²) < 4.78 is 41.8. The smallest absolute Gasteiger partial charge is 0.354 e. The molecule has 178 valence electrons. The fourth-order valence-corrected chi connectivity index (χ4v) is 4.34. The van der Waals surface area contributed by atoms with Crippen molar-refractivity contribution >= 4 is 29.0 Å². The number of hydrogen-bond donors (Lipinski definition) is 1. The van der Waals surface area contributed by atoms with Crippen molar-refractivity contribution in [3.05, 3.63) is 48.2 Å². The third-order valence-corrected chi connectivity index (χ3v) is 5.93. The summed E-state index contributed by atoms with van der Waals surface area (Å²) in [5.74, 6) is -0.962. The van der Waals surface area contributed by atoms with E-state index in [2.05, 4.69) is 16.4 Å². The first-order valence-corrected chi connectivity index (χ1v) is 10.9. The summed E-state index contributed by atoms with van der Waals surface area (Å²) in [6.45, 7) is 1.76. The Bertz CT molecular complexity index is 1120. The molecule has 34 heavy (non-hydrogen) atoms. The van der Waals surface area contributed by atoms with E-state index in [-0.39, 0.29) is 17.9 Å². The van der Waals surface area contributed by atoms with Gasteiger partial charge in [-0.15, -0.1) is 0 Å². The first-order valence-electron chi connectivity index (χ1n) is 10.9. The van der Waals surface area contributed by atoms with Crippen LogP contribution in [0.1, 0.15) is 18.4 Å². The van der Waals surface area contributed by atoms with Gasteiger partial charge in [0.25, 0.3) is 0 Å². The predicted octanol–water partition coefficient (Wildman–Crippen LogP) is 2.77. The Morgan fingerprint density at radius 3 is 2.71 bits per heavy atom. The van der Waals surface area contributed by atoms with Crippen molar-refractivity contribution < 1.29 is 22.8 Å². The Kier molecular flexibility index (Phi) is 6.70. The summed E-state index contributed by atoms with van der Waals surface area (Å²) in [5.41, 5.74) is 0.650. The summed E-state index contributed by atoms with van der Waals surface area (Å²) >= 11 is 0. The van der Waals surface area contributed by atoms with Gasteiger partial charge in [-0.25, -0.2) is 4.98 Å². The van der Waals surface area contributed by atoms with Crippen LogP contribution in [0.4, 0.5) is 30.4 Å². The van der Waals surface area contributed by atoms with E-state index in [1.54, 1.807) is 29.3 Å². The second kappa shape index (κ2) is 9.69. The number of rotatable bonds is 3. The maximum atomic E-state index is 13.9. The molecule has 8 nitrogen and oxygen atoms in total. The minimum absolute atomic E-state index is 0.0317. The van der Waals surface area contributed by atoms with Gasteiger partial charge in [0.2, 0.25) is 11.8 Å². The van der Waals surface area contributed by atoms with Crippen LogP contribution in [0.25, 0.3) is 0 Å². The monoisotopic (exact) mass is 472 g/mol. The molecule has 1 N–H and O–H groups in total. The van der Waals surface area contributed by atoms with E-state index in [4.69, 9.17) is 0 Å². The Labute approximate surface area is 194 Å². The van der Waals surface area contributed by atoms with Gasteiger partial charge in [-0.3, -0.25) is 19.4 Å². The molecule has 11 heteroatoms. The fourth-order valence-electron chi connectivity index (χ4n) is 4.34. The molecule has 0 aliphatic carbocycles.